The van der Waals surface area contributed by atoms with Gasteiger partial charge in [0.05, 0.1) is 15.7 Å². The second-order valence-electron chi connectivity index (χ2n) is 8.05. The summed E-state index contributed by atoms with van der Waals surface area (Å²) in [5.41, 5.74) is 0.730. The van der Waals surface area contributed by atoms with E-state index in [1.807, 2.05) is 0 Å². The molecule has 0 aromatic carbocycles. The first-order valence-corrected chi connectivity index (χ1v) is 8.41. The van der Waals surface area contributed by atoms with Crippen LogP contribution in [0.15, 0.2) is 0 Å². The molecule has 0 unspecified atom stereocenters. The van der Waals surface area contributed by atoms with E-state index in [1.54, 1.807) is 0 Å². The maximum Gasteiger partial charge on any atom is 0.0631 e. The van der Waals surface area contributed by atoms with Crippen molar-refractivity contribution in [3.63, 3.8) is 0 Å². The molecule has 19 heavy (non-hydrogen) atoms. The number of hydrogen-bond donors (Lipinski definition) is 0. The fourth-order valence-corrected chi connectivity index (χ4v) is 4.73. The zero-order valence-corrected chi connectivity index (χ0v) is 13.3. The smallest absolute Gasteiger partial charge is 0.0631 e. The van der Waals surface area contributed by atoms with Crippen LogP contribution in [-0.4, -0.2) is 15.7 Å². The van der Waals surface area contributed by atoms with Crippen molar-refractivity contribution in [2.45, 2.75) is 90.2 Å². The molecule has 0 amide bonds. The normalized spacial score (nSPS) is 25.0. The second kappa shape index (κ2) is 5.49. The summed E-state index contributed by atoms with van der Waals surface area (Å²) in [6.45, 7) is 6.75. The van der Waals surface area contributed by atoms with Gasteiger partial charge < -0.3 is 0 Å². The molecule has 0 aromatic heterocycles. The van der Waals surface area contributed by atoms with Gasteiger partial charge in [-0.3, -0.25) is 0 Å². The van der Waals surface area contributed by atoms with Gasteiger partial charge in [0.1, 0.15) is 0 Å². The van der Waals surface area contributed by atoms with Crippen LogP contribution in [-0.2, 0) is 0 Å². The summed E-state index contributed by atoms with van der Waals surface area (Å²) >= 11 is 0. The van der Waals surface area contributed by atoms with Crippen molar-refractivity contribution in [3.05, 3.63) is 0 Å². The van der Waals surface area contributed by atoms with Crippen molar-refractivity contribution in [3.8, 4) is 0 Å². The Labute approximate surface area is 123 Å². The van der Waals surface area contributed by atoms with E-state index in [2.05, 4.69) is 20.8 Å². The Kier molecular flexibility index (Phi) is 4.48. The molecule has 4 radical (unpaired) electrons. The second-order valence-corrected chi connectivity index (χ2v) is 8.05. The third-order valence-corrected chi connectivity index (χ3v) is 6.43. The lowest BCUT2D eigenvalue weighted by Gasteiger charge is -2.52. The van der Waals surface area contributed by atoms with E-state index < -0.39 is 5.21 Å². The highest BCUT2D eigenvalue weighted by molar-refractivity contribution is 6.40. The maximum absolute atomic E-state index is 6.62. The lowest BCUT2D eigenvalue weighted by atomic mass is 9.35. The van der Waals surface area contributed by atoms with Crippen molar-refractivity contribution >= 4 is 15.7 Å². The molecule has 2 aliphatic rings. The molecule has 0 saturated heterocycles. The van der Waals surface area contributed by atoms with E-state index in [9.17, 15) is 0 Å². The first-order valence-electron chi connectivity index (χ1n) is 8.41. The minimum Gasteiger partial charge on any atom is -0.0914 e. The van der Waals surface area contributed by atoms with Crippen molar-refractivity contribution < 1.29 is 0 Å². The summed E-state index contributed by atoms with van der Waals surface area (Å²) in [6.07, 6.45) is 13.3. The standard InChI is InChI=1S/C17H30B2/c1-4-9-15(2,3)17(18,19)14-7-12-16(13-8-14)10-5-6-11-16/h14H,4-13H2,1-3H3. The van der Waals surface area contributed by atoms with E-state index >= 15 is 0 Å². The topological polar surface area (TPSA) is 0 Å². The van der Waals surface area contributed by atoms with Crippen LogP contribution < -0.4 is 0 Å². The average molecular weight is 256 g/mol. The minimum absolute atomic E-state index is 0.0482. The molecule has 0 N–H and O–H groups in total. The Bertz CT molecular complexity index is 290. The molecule has 0 aliphatic heterocycles. The molecule has 0 heterocycles. The molecule has 104 valence electrons. The van der Waals surface area contributed by atoms with Crippen LogP contribution in [0.2, 0.25) is 5.21 Å². The van der Waals surface area contributed by atoms with E-state index in [0.29, 0.717) is 11.3 Å². The van der Waals surface area contributed by atoms with Gasteiger partial charge in [-0.25, -0.2) is 0 Å². The van der Waals surface area contributed by atoms with Gasteiger partial charge in [-0.1, -0.05) is 64.0 Å². The molecular weight excluding hydrogens is 226 g/mol. The number of rotatable bonds is 4. The molecular formula is C17H30B2. The van der Waals surface area contributed by atoms with Crippen LogP contribution in [0, 0.1) is 16.7 Å². The highest BCUT2D eigenvalue weighted by atomic mass is 14.5. The maximum atomic E-state index is 6.62. The van der Waals surface area contributed by atoms with Crippen molar-refractivity contribution in [1.82, 2.24) is 0 Å². The van der Waals surface area contributed by atoms with Gasteiger partial charge in [-0.2, -0.15) is 0 Å². The summed E-state index contributed by atoms with van der Waals surface area (Å²) in [5.74, 6) is 0.514. The Morgan fingerprint density at radius 3 is 2.00 bits per heavy atom. The monoisotopic (exact) mass is 256 g/mol. The molecule has 0 aromatic rings. The zero-order chi connectivity index (χ0) is 14.1. The number of hydrogen-bond acceptors (Lipinski definition) is 0. The van der Waals surface area contributed by atoms with E-state index in [0.717, 1.165) is 6.42 Å². The van der Waals surface area contributed by atoms with Gasteiger partial charge >= 0.3 is 0 Å². The molecule has 2 aliphatic carbocycles. The van der Waals surface area contributed by atoms with E-state index in [-0.39, 0.29) is 5.41 Å². The highest BCUT2D eigenvalue weighted by Crippen LogP contribution is 2.58. The van der Waals surface area contributed by atoms with Crippen molar-refractivity contribution in [1.29, 1.82) is 0 Å². The van der Waals surface area contributed by atoms with Crippen LogP contribution in [0.1, 0.15) is 85.0 Å². The van der Waals surface area contributed by atoms with Gasteiger partial charge in [0, 0.05) is 0 Å². The van der Waals surface area contributed by atoms with E-state index in [4.69, 9.17) is 15.7 Å². The van der Waals surface area contributed by atoms with Gasteiger partial charge in [0.15, 0.2) is 0 Å². The molecule has 0 nitrogen and oxygen atoms in total. The molecule has 2 rings (SSSR count). The Morgan fingerprint density at radius 1 is 1.00 bits per heavy atom. The molecule has 2 heteroatoms. The Morgan fingerprint density at radius 2 is 1.53 bits per heavy atom. The van der Waals surface area contributed by atoms with Crippen molar-refractivity contribution in [2.24, 2.45) is 16.7 Å². The SMILES string of the molecule is [B]C([B])(C1CCC2(CCCC2)CC1)C(C)(C)CCC. The minimum atomic E-state index is -0.497. The largest absolute Gasteiger partial charge is 0.0914 e. The zero-order valence-electron chi connectivity index (χ0n) is 13.3. The predicted molar refractivity (Wildman–Crippen MR) is 85.7 cm³/mol. The Hall–Kier alpha value is 0.130. The molecule has 0 bridgehead atoms. The van der Waals surface area contributed by atoms with Crippen LogP contribution in [0.5, 0.6) is 0 Å². The third-order valence-electron chi connectivity index (χ3n) is 6.43. The fraction of sp³-hybridized carbons (Fsp3) is 1.00. The molecule has 0 atom stereocenters. The lowest BCUT2D eigenvalue weighted by molar-refractivity contribution is 0.107. The summed E-state index contributed by atoms with van der Waals surface area (Å²) in [5, 5.41) is -0.497. The third kappa shape index (κ3) is 2.93. The first-order chi connectivity index (χ1) is 8.83. The molecule has 2 fully saturated rings. The average Bonchev–Trinajstić information content (AvgIpc) is 2.78. The summed E-state index contributed by atoms with van der Waals surface area (Å²) in [6, 6.07) is 0. The molecule has 1 spiro atoms. The van der Waals surface area contributed by atoms with Crippen LogP contribution in [0.3, 0.4) is 0 Å². The fourth-order valence-electron chi connectivity index (χ4n) is 4.73. The highest BCUT2D eigenvalue weighted by Gasteiger charge is 2.45. The van der Waals surface area contributed by atoms with E-state index in [1.165, 1.54) is 57.8 Å². The lowest BCUT2D eigenvalue weighted by Crippen LogP contribution is -2.41. The van der Waals surface area contributed by atoms with Crippen LogP contribution in [0.4, 0.5) is 0 Å². The summed E-state index contributed by atoms with van der Waals surface area (Å²) < 4.78 is 0. The molecule has 2 saturated carbocycles. The predicted octanol–water partition coefficient (Wildman–Crippen LogP) is 5.02. The Balaban J connectivity index is 1.99. The summed E-state index contributed by atoms with van der Waals surface area (Å²) in [4.78, 5) is 0. The quantitative estimate of drug-likeness (QED) is 0.619. The van der Waals surface area contributed by atoms with Crippen molar-refractivity contribution in [2.75, 3.05) is 0 Å². The van der Waals surface area contributed by atoms with Gasteiger partial charge in [0.25, 0.3) is 0 Å². The van der Waals surface area contributed by atoms with Gasteiger partial charge in [-0.05, 0) is 42.9 Å². The van der Waals surface area contributed by atoms with Crippen LogP contribution in [0.25, 0.3) is 0 Å². The summed E-state index contributed by atoms with van der Waals surface area (Å²) in [7, 11) is 13.2. The first kappa shape index (κ1) is 15.5. The van der Waals surface area contributed by atoms with Crippen LogP contribution >= 0.6 is 0 Å². The van der Waals surface area contributed by atoms with Gasteiger partial charge in [0.2, 0.25) is 0 Å². The van der Waals surface area contributed by atoms with Gasteiger partial charge in [-0.15, -0.1) is 0 Å².